The highest BCUT2D eigenvalue weighted by Gasteiger charge is 1.88. The van der Waals surface area contributed by atoms with Crippen LogP contribution in [-0.2, 0) is 9.53 Å². The van der Waals surface area contributed by atoms with Crippen LogP contribution in [0.15, 0.2) is 41.1 Å². The van der Waals surface area contributed by atoms with Gasteiger partial charge >= 0.3 is 0 Å². The lowest BCUT2D eigenvalue weighted by molar-refractivity contribution is 0.306. The molecule has 3 nitrogen and oxygen atoms in total. The van der Waals surface area contributed by atoms with Crippen LogP contribution in [0.1, 0.15) is 6.92 Å². The Balaban J connectivity index is 4.10. The topological polar surface area (TPSA) is 38.7 Å². The van der Waals surface area contributed by atoms with E-state index in [0.29, 0.717) is 0 Å². The van der Waals surface area contributed by atoms with E-state index < -0.39 is 0 Å². The molecule has 0 amide bonds. The average Bonchev–Trinajstić information content (AvgIpc) is 2.16. The lowest BCUT2D eigenvalue weighted by Crippen LogP contribution is -1.84. The Bertz CT molecular complexity index is 271. The molecule has 0 heterocycles. The van der Waals surface area contributed by atoms with Crippen LogP contribution in [0, 0.1) is 0 Å². The van der Waals surface area contributed by atoms with E-state index in [9.17, 15) is 4.79 Å². The van der Waals surface area contributed by atoms with Gasteiger partial charge in [-0.05, 0) is 24.6 Å². The summed E-state index contributed by atoms with van der Waals surface area (Å²) in [4.78, 5) is 13.2. The third-order valence-electron chi connectivity index (χ3n) is 1.35. The van der Waals surface area contributed by atoms with Gasteiger partial charge in [0.15, 0.2) is 0 Å². The molecule has 0 unspecified atom stereocenters. The first-order valence-corrected chi connectivity index (χ1v) is 3.84. The highest BCUT2D eigenvalue weighted by atomic mass is 16.5. The molecule has 13 heavy (non-hydrogen) atoms. The van der Waals surface area contributed by atoms with Crippen LogP contribution in [0.25, 0.3) is 0 Å². The number of allylic oxidation sites excluding steroid dienone is 2. The van der Waals surface area contributed by atoms with Crippen LogP contribution >= 0.6 is 0 Å². The normalized spacial score (nSPS) is 11.1. The van der Waals surface area contributed by atoms with Crippen molar-refractivity contribution >= 4 is 6.08 Å². The predicted molar refractivity (Wildman–Crippen MR) is 52.0 cm³/mol. The van der Waals surface area contributed by atoms with Gasteiger partial charge in [0.2, 0.25) is 6.08 Å². The molecule has 70 valence electrons. The first-order chi connectivity index (χ1) is 6.24. The van der Waals surface area contributed by atoms with Gasteiger partial charge in [-0.2, -0.15) is 0 Å². The largest absolute Gasteiger partial charge is 0.497 e. The summed E-state index contributed by atoms with van der Waals surface area (Å²) in [5.74, 6) is 0.747. The number of hydrogen-bond acceptors (Lipinski definition) is 3. The maximum absolute atomic E-state index is 9.77. The molecular weight excluding hydrogens is 166 g/mol. The Labute approximate surface area is 78.1 Å². The highest BCUT2D eigenvalue weighted by molar-refractivity contribution is 5.35. The first-order valence-electron chi connectivity index (χ1n) is 3.84. The van der Waals surface area contributed by atoms with Crippen molar-refractivity contribution in [1.82, 2.24) is 0 Å². The van der Waals surface area contributed by atoms with Gasteiger partial charge in [0.05, 0.1) is 13.7 Å². The summed E-state index contributed by atoms with van der Waals surface area (Å²) >= 11 is 0. The van der Waals surface area contributed by atoms with Crippen LogP contribution in [0.3, 0.4) is 0 Å². The molecule has 0 radical (unpaired) electrons. The van der Waals surface area contributed by atoms with E-state index in [4.69, 9.17) is 4.74 Å². The smallest absolute Gasteiger partial charge is 0.235 e. The Morgan fingerprint density at radius 2 is 2.31 bits per heavy atom. The number of isocyanates is 1. The Kier molecular flexibility index (Phi) is 6.20. The number of carbonyl (C=O) groups excluding carboxylic acids is 1. The van der Waals surface area contributed by atoms with E-state index in [1.165, 1.54) is 6.08 Å². The first kappa shape index (κ1) is 11.4. The van der Waals surface area contributed by atoms with Gasteiger partial charge in [0, 0.05) is 0 Å². The van der Waals surface area contributed by atoms with Crippen molar-refractivity contribution in [3.05, 3.63) is 36.1 Å². The minimum Gasteiger partial charge on any atom is -0.497 e. The van der Waals surface area contributed by atoms with Crippen molar-refractivity contribution < 1.29 is 9.53 Å². The second-order valence-corrected chi connectivity index (χ2v) is 2.29. The summed E-state index contributed by atoms with van der Waals surface area (Å²) < 4.78 is 4.98. The summed E-state index contributed by atoms with van der Waals surface area (Å²) in [5.41, 5.74) is 0.736. The summed E-state index contributed by atoms with van der Waals surface area (Å²) in [7, 11) is 1.59. The quantitative estimate of drug-likeness (QED) is 0.280. The standard InChI is InChI=1S/C10H13NO2/c1-4-10(13-3)6-5-9(2)7-11-8-12/h4-6H,2,7H2,1,3H3/b6-5-,10-4+. The SMILES string of the molecule is C=C(/C=C\C(=C/C)OC)CN=C=O. The molecule has 0 saturated carbocycles. The van der Waals surface area contributed by atoms with Crippen molar-refractivity contribution in [2.24, 2.45) is 4.99 Å². The number of rotatable bonds is 5. The van der Waals surface area contributed by atoms with Gasteiger partial charge in [-0.25, -0.2) is 9.79 Å². The van der Waals surface area contributed by atoms with Gasteiger partial charge in [0.1, 0.15) is 5.76 Å². The second-order valence-electron chi connectivity index (χ2n) is 2.29. The molecule has 0 aromatic heterocycles. The third kappa shape index (κ3) is 5.65. The molecule has 0 bridgehead atoms. The van der Waals surface area contributed by atoms with E-state index >= 15 is 0 Å². The molecule has 0 aliphatic heterocycles. The molecule has 0 aliphatic rings. The molecule has 0 saturated heterocycles. The molecule has 0 spiro atoms. The monoisotopic (exact) mass is 179 g/mol. The van der Waals surface area contributed by atoms with Crippen LogP contribution in [0.4, 0.5) is 0 Å². The maximum atomic E-state index is 9.77. The van der Waals surface area contributed by atoms with E-state index in [-0.39, 0.29) is 6.54 Å². The van der Waals surface area contributed by atoms with Crippen molar-refractivity contribution in [1.29, 1.82) is 0 Å². The fourth-order valence-electron chi connectivity index (χ4n) is 0.669. The van der Waals surface area contributed by atoms with Crippen molar-refractivity contribution in [2.45, 2.75) is 6.92 Å². The molecule has 0 N–H and O–H groups in total. The number of nitrogens with zero attached hydrogens (tertiary/aromatic N) is 1. The highest BCUT2D eigenvalue weighted by Crippen LogP contribution is 2.00. The fourth-order valence-corrected chi connectivity index (χ4v) is 0.669. The molecule has 3 heteroatoms. The summed E-state index contributed by atoms with van der Waals surface area (Å²) in [6, 6.07) is 0. The van der Waals surface area contributed by atoms with Crippen LogP contribution in [-0.4, -0.2) is 19.7 Å². The van der Waals surface area contributed by atoms with Crippen molar-refractivity contribution in [3.63, 3.8) is 0 Å². The number of methoxy groups -OCH3 is 1. The Hall–Kier alpha value is -1.60. The molecule has 0 aromatic carbocycles. The van der Waals surface area contributed by atoms with Gasteiger partial charge in [0.25, 0.3) is 0 Å². The zero-order chi connectivity index (χ0) is 10.1. The predicted octanol–water partition coefficient (Wildman–Crippen LogP) is 1.98. The maximum Gasteiger partial charge on any atom is 0.235 e. The van der Waals surface area contributed by atoms with Gasteiger partial charge in [-0.15, -0.1) is 0 Å². The number of hydrogen-bond donors (Lipinski definition) is 0. The van der Waals surface area contributed by atoms with Crippen LogP contribution in [0.2, 0.25) is 0 Å². The molecule has 0 aromatic rings. The van der Waals surface area contributed by atoms with E-state index in [1.54, 1.807) is 19.3 Å². The molecule has 0 atom stereocenters. The summed E-state index contributed by atoms with van der Waals surface area (Å²) in [6.07, 6.45) is 6.79. The van der Waals surface area contributed by atoms with E-state index in [1.807, 2.05) is 13.0 Å². The van der Waals surface area contributed by atoms with Gasteiger partial charge < -0.3 is 4.74 Å². The minimum atomic E-state index is 0.278. The second kappa shape index (κ2) is 7.07. The molecule has 0 fully saturated rings. The molecule has 0 aliphatic carbocycles. The average molecular weight is 179 g/mol. The van der Waals surface area contributed by atoms with Crippen LogP contribution in [0.5, 0.6) is 0 Å². The zero-order valence-electron chi connectivity index (χ0n) is 7.91. The van der Waals surface area contributed by atoms with Crippen molar-refractivity contribution in [3.8, 4) is 0 Å². The minimum absolute atomic E-state index is 0.278. The Morgan fingerprint density at radius 3 is 2.77 bits per heavy atom. The van der Waals surface area contributed by atoms with E-state index in [0.717, 1.165) is 11.3 Å². The summed E-state index contributed by atoms with van der Waals surface area (Å²) in [6.45, 7) is 5.84. The van der Waals surface area contributed by atoms with Crippen LogP contribution < -0.4 is 0 Å². The third-order valence-corrected chi connectivity index (χ3v) is 1.35. The number of aliphatic imine (C=N–C) groups is 1. The van der Waals surface area contributed by atoms with Gasteiger partial charge in [-0.3, -0.25) is 0 Å². The zero-order valence-corrected chi connectivity index (χ0v) is 7.91. The fraction of sp³-hybridized carbons (Fsp3) is 0.300. The lowest BCUT2D eigenvalue weighted by atomic mass is 10.2. The lowest BCUT2D eigenvalue weighted by Gasteiger charge is -1.97. The Morgan fingerprint density at radius 1 is 1.62 bits per heavy atom. The summed E-state index contributed by atoms with van der Waals surface area (Å²) in [5, 5.41) is 0. The number of ether oxygens (including phenoxy) is 1. The van der Waals surface area contributed by atoms with Crippen molar-refractivity contribution in [2.75, 3.05) is 13.7 Å². The van der Waals surface area contributed by atoms with E-state index in [2.05, 4.69) is 11.6 Å². The molecule has 0 rings (SSSR count). The molecular formula is C10H13NO2. The van der Waals surface area contributed by atoms with Gasteiger partial charge in [-0.1, -0.05) is 12.7 Å².